The van der Waals surface area contributed by atoms with Crippen LogP contribution in [0.25, 0.3) is 0 Å². The molecule has 60 valence electrons. The van der Waals surface area contributed by atoms with Crippen LogP contribution in [-0.2, 0) is 4.74 Å². The maximum atomic E-state index is 7.03. The second-order valence-electron chi connectivity index (χ2n) is 2.43. The highest BCUT2D eigenvalue weighted by molar-refractivity contribution is 5.79. The Labute approximate surface area is 62.1 Å². The summed E-state index contributed by atoms with van der Waals surface area (Å²) in [7, 11) is 0. The molecule has 0 aliphatic carbocycles. The zero-order chi connectivity index (χ0) is 7.98. The summed E-state index contributed by atoms with van der Waals surface area (Å²) in [5, 5.41) is 7.03. The van der Waals surface area contributed by atoms with E-state index in [2.05, 4.69) is 6.92 Å². The van der Waals surface area contributed by atoms with Gasteiger partial charge in [-0.05, 0) is 6.42 Å². The van der Waals surface area contributed by atoms with E-state index in [-0.39, 0.29) is 11.8 Å². The first-order valence-electron chi connectivity index (χ1n) is 3.60. The lowest BCUT2D eigenvalue weighted by atomic mass is 10.2. The summed E-state index contributed by atoms with van der Waals surface area (Å²) in [5.74, 6) is 0.266. The molecule has 0 aromatic carbocycles. The predicted molar refractivity (Wildman–Crippen MR) is 42.2 cm³/mol. The molecule has 1 unspecified atom stereocenters. The number of hydrogen-bond donors (Lipinski definition) is 2. The lowest BCUT2D eigenvalue weighted by molar-refractivity contribution is 0.121. The van der Waals surface area contributed by atoms with Crippen molar-refractivity contribution < 1.29 is 4.74 Å². The normalized spacial score (nSPS) is 13.0. The van der Waals surface area contributed by atoms with Gasteiger partial charge in [-0.15, -0.1) is 0 Å². The van der Waals surface area contributed by atoms with E-state index in [1.54, 1.807) is 0 Å². The van der Waals surface area contributed by atoms with Crippen LogP contribution in [-0.4, -0.2) is 19.0 Å². The van der Waals surface area contributed by atoms with Crippen LogP contribution < -0.4 is 5.73 Å². The molecule has 0 amide bonds. The molecule has 1 atom stereocenters. The monoisotopic (exact) mass is 144 g/mol. The minimum Gasteiger partial charge on any atom is -0.387 e. The van der Waals surface area contributed by atoms with Crippen LogP contribution in [0.5, 0.6) is 0 Å². The molecular formula is C7H16N2O. The van der Waals surface area contributed by atoms with Crippen molar-refractivity contribution in [1.82, 2.24) is 0 Å². The molecule has 0 heterocycles. The second kappa shape index (κ2) is 5.23. The zero-order valence-electron chi connectivity index (χ0n) is 6.68. The van der Waals surface area contributed by atoms with Gasteiger partial charge in [0, 0.05) is 12.5 Å². The van der Waals surface area contributed by atoms with Crippen molar-refractivity contribution in [3.63, 3.8) is 0 Å². The Bertz CT molecular complexity index is 104. The largest absolute Gasteiger partial charge is 0.387 e. The summed E-state index contributed by atoms with van der Waals surface area (Å²) < 4.78 is 5.19. The van der Waals surface area contributed by atoms with E-state index in [0.29, 0.717) is 6.61 Å². The average molecular weight is 144 g/mol. The van der Waals surface area contributed by atoms with Crippen molar-refractivity contribution in [1.29, 1.82) is 5.41 Å². The fourth-order valence-electron chi connectivity index (χ4n) is 0.494. The first-order chi connectivity index (χ1) is 4.68. The van der Waals surface area contributed by atoms with Crippen LogP contribution in [0.3, 0.4) is 0 Å². The molecule has 0 saturated heterocycles. The van der Waals surface area contributed by atoms with Gasteiger partial charge in [0.25, 0.3) is 0 Å². The van der Waals surface area contributed by atoms with E-state index >= 15 is 0 Å². The third kappa shape index (κ3) is 4.32. The van der Waals surface area contributed by atoms with Crippen LogP contribution >= 0.6 is 0 Å². The molecule has 0 aliphatic heterocycles. The van der Waals surface area contributed by atoms with E-state index in [1.807, 2.05) is 6.92 Å². The molecule has 0 saturated carbocycles. The highest BCUT2D eigenvalue weighted by Crippen LogP contribution is 1.94. The van der Waals surface area contributed by atoms with Crippen molar-refractivity contribution in [2.45, 2.75) is 20.3 Å². The van der Waals surface area contributed by atoms with Crippen molar-refractivity contribution in [2.24, 2.45) is 11.7 Å². The SMILES string of the molecule is CCCOCC(C)C(=N)N. The van der Waals surface area contributed by atoms with Gasteiger partial charge >= 0.3 is 0 Å². The minimum atomic E-state index is 0.0616. The Morgan fingerprint density at radius 1 is 1.70 bits per heavy atom. The van der Waals surface area contributed by atoms with Gasteiger partial charge < -0.3 is 10.5 Å². The lowest BCUT2D eigenvalue weighted by Gasteiger charge is -2.08. The van der Waals surface area contributed by atoms with Crippen molar-refractivity contribution in [3.8, 4) is 0 Å². The quantitative estimate of drug-likeness (QED) is 0.343. The minimum absolute atomic E-state index is 0.0616. The first kappa shape index (κ1) is 9.43. The molecule has 0 aliphatic rings. The van der Waals surface area contributed by atoms with Gasteiger partial charge in [0.15, 0.2) is 0 Å². The average Bonchev–Trinajstić information content (AvgIpc) is 1.88. The second-order valence-corrected chi connectivity index (χ2v) is 2.43. The van der Waals surface area contributed by atoms with Gasteiger partial charge in [-0.1, -0.05) is 13.8 Å². The summed E-state index contributed by atoms with van der Waals surface area (Å²) in [5.41, 5.74) is 5.22. The standard InChI is InChI=1S/C7H16N2O/c1-3-4-10-5-6(2)7(8)9/h6H,3-5H2,1-2H3,(H3,8,9). The Balaban J connectivity index is 3.21. The van der Waals surface area contributed by atoms with Crippen LogP contribution in [0.2, 0.25) is 0 Å². The molecule has 3 N–H and O–H groups in total. The summed E-state index contributed by atoms with van der Waals surface area (Å²) in [4.78, 5) is 0. The number of nitrogens with one attached hydrogen (secondary N) is 1. The van der Waals surface area contributed by atoms with Crippen LogP contribution in [0.4, 0.5) is 0 Å². The number of amidine groups is 1. The number of ether oxygens (including phenoxy) is 1. The van der Waals surface area contributed by atoms with Crippen LogP contribution in [0, 0.1) is 11.3 Å². The molecule has 10 heavy (non-hydrogen) atoms. The number of rotatable bonds is 5. The molecule has 0 aromatic rings. The molecule has 0 fully saturated rings. The van der Waals surface area contributed by atoms with Crippen molar-refractivity contribution in [2.75, 3.05) is 13.2 Å². The van der Waals surface area contributed by atoms with Gasteiger partial charge in [-0.25, -0.2) is 0 Å². The number of nitrogens with two attached hydrogens (primary N) is 1. The first-order valence-corrected chi connectivity index (χ1v) is 3.60. The van der Waals surface area contributed by atoms with Crippen molar-refractivity contribution >= 4 is 5.84 Å². The maximum absolute atomic E-state index is 7.03. The molecule has 3 heteroatoms. The Kier molecular flexibility index (Phi) is 4.94. The molecular weight excluding hydrogens is 128 g/mol. The molecule has 3 nitrogen and oxygen atoms in total. The topological polar surface area (TPSA) is 59.1 Å². The summed E-state index contributed by atoms with van der Waals surface area (Å²) in [6.07, 6.45) is 1.02. The van der Waals surface area contributed by atoms with E-state index in [9.17, 15) is 0 Å². The maximum Gasteiger partial charge on any atom is 0.0957 e. The molecule has 0 bridgehead atoms. The van der Waals surface area contributed by atoms with Crippen LogP contribution in [0.1, 0.15) is 20.3 Å². The van der Waals surface area contributed by atoms with E-state index in [1.165, 1.54) is 0 Å². The fourth-order valence-corrected chi connectivity index (χ4v) is 0.494. The van der Waals surface area contributed by atoms with Crippen molar-refractivity contribution in [3.05, 3.63) is 0 Å². The molecule has 0 rings (SSSR count). The Morgan fingerprint density at radius 2 is 2.30 bits per heavy atom. The van der Waals surface area contributed by atoms with E-state index in [0.717, 1.165) is 13.0 Å². The smallest absolute Gasteiger partial charge is 0.0957 e. The highest BCUT2D eigenvalue weighted by atomic mass is 16.5. The fraction of sp³-hybridized carbons (Fsp3) is 0.857. The van der Waals surface area contributed by atoms with Gasteiger partial charge in [0.2, 0.25) is 0 Å². The van der Waals surface area contributed by atoms with Gasteiger partial charge in [-0.2, -0.15) is 0 Å². The summed E-state index contributed by atoms with van der Waals surface area (Å²) in [6.45, 7) is 5.28. The van der Waals surface area contributed by atoms with Gasteiger partial charge in [-0.3, -0.25) is 5.41 Å². The summed E-state index contributed by atoms with van der Waals surface area (Å²) >= 11 is 0. The third-order valence-corrected chi connectivity index (χ3v) is 1.25. The molecule has 0 spiro atoms. The molecule has 0 radical (unpaired) electrons. The van der Waals surface area contributed by atoms with E-state index < -0.39 is 0 Å². The zero-order valence-corrected chi connectivity index (χ0v) is 6.68. The Hall–Kier alpha value is -0.570. The third-order valence-electron chi connectivity index (χ3n) is 1.25. The predicted octanol–water partition coefficient (Wildman–Crippen LogP) is 0.985. The van der Waals surface area contributed by atoms with Crippen LogP contribution in [0.15, 0.2) is 0 Å². The molecule has 0 aromatic heterocycles. The lowest BCUT2D eigenvalue weighted by Crippen LogP contribution is -2.24. The Morgan fingerprint density at radius 3 is 2.70 bits per heavy atom. The summed E-state index contributed by atoms with van der Waals surface area (Å²) in [6, 6.07) is 0. The van der Waals surface area contributed by atoms with E-state index in [4.69, 9.17) is 15.9 Å². The van der Waals surface area contributed by atoms with Gasteiger partial charge in [0.1, 0.15) is 0 Å². The van der Waals surface area contributed by atoms with Gasteiger partial charge in [0.05, 0.1) is 12.4 Å². The highest BCUT2D eigenvalue weighted by Gasteiger charge is 2.03. The number of hydrogen-bond acceptors (Lipinski definition) is 2.